The van der Waals surface area contributed by atoms with Gasteiger partial charge in [-0.05, 0) is 49.1 Å². The molecule has 5 rings (SSSR count). The van der Waals surface area contributed by atoms with Crippen LogP contribution in [0.5, 0.6) is 5.75 Å². The molecule has 0 saturated carbocycles. The average molecular weight is 649 g/mol. The van der Waals surface area contributed by atoms with E-state index in [9.17, 15) is 22.8 Å². The van der Waals surface area contributed by atoms with Crippen LogP contribution in [-0.2, 0) is 22.4 Å². The van der Waals surface area contributed by atoms with Crippen LogP contribution >= 0.6 is 11.3 Å². The Morgan fingerprint density at radius 2 is 1.74 bits per heavy atom. The number of aryl methyl sites for hydroxylation is 1. The summed E-state index contributed by atoms with van der Waals surface area (Å²) >= 11 is 1.38. The predicted molar refractivity (Wildman–Crippen MR) is 170 cm³/mol. The van der Waals surface area contributed by atoms with E-state index < -0.39 is 29.7 Å². The first kappa shape index (κ1) is 32.5. The lowest BCUT2D eigenvalue weighted by atomic mass is 10.0. The molecule has 46 heavy (non-hydrogen) atoms. The van der Waals surface area contributed by atoms with Gasteiger partial charge in [-0.25, -0.2) is 9.78 Å². The second kappa shape index (κ2) is 14.5. The van der Waals surface area contributed by atoms with E-state index in [-0.39, 0.29) is 18.6 Å². The van der Waals surface area contributed by atoms with Gasteiger partial charge in [0.15, 0.2) is 5.78 Å². The maximum atomic E-state index is 14.1. The van der Waals surface area contributed by atoms with Crippen molar-refractivity contribution in [3.8, 4) is 17.2 Å². The fraction of sp³-hybridized carbons (Fsp3) is 0.229. The van der Waals surface area contributed by atoms with Crippen molar-refractivity contribution < 1.29 is 36.7 Å². The molecule has 0 radical (unpaired) electrons. The number of alkyl halides is 3. The summed E-state index contributed by atoms with van der Waals surface area (Å²) < 4.78 is 60.1. The molecule has 2 heterocycles. The molecular weight excluding hydrogens is 617 g/mol. The van der Waals surface area contributed by atoms with Crippen molar-refractivity contribution in [2.45, 2.75) is 38.9 Å². The fourth-order valence-electron chi connectivity index (χ4n) is 4.87. The van der Waals surface area contributed by atoms with Gasteiger partial charge in [0.05, 0.1) is 18.9 Å². The van der Waals surface area contributed by atoms with Gasteiger partial charge in [0.1, 0.15) is 23.2 Å². The number of benzene rings is 3. The molecule has 0 aliphatic heterocycles. The highest BCUT2D eigenvalue weighted by Crippen LogP contribution is 2.34. The van der Waals surface area contributed by atoms with Crippen LogP contribution < -0.4 is 10.1 Å². The Morgan fingerprint density at radius 3 is 2.43 bits per heavy atom. The van der Waals surface area contributed by atoms with Gasteiger partial charge in [0.2, 0.25) is 5.89 Å². The number of esters is 1. The maximum absolute atomic E-state index is 14.1. The van der Waals surface area contributed by atoms with E-state index in [0.29, 0.717) is 42.1 Å². The molecule has 0 aliphatic rings. The number of nitrogens with one attached hydrogen (secondary N) is 1. The Kier molecular flexibility index (Phi) is 10.2. The lowest BCUT2D eigenvalue weighted by molar-refractivity contribution is -0.146. The first-order valence-electron chi connectivity index (χ1n) is 14.6. The minimum atomic E-state index is -4.92. The number of allylic oxidation sites excluding steroid dienone is 2. The standard InChI is InChI=1S/C35H31F3N2O5S/c1-3-43-34(42)28(39-31(35(36,37)38)21-29(41)23-10-6-4-7-11-23)20-25-14-15-30(26-17-19-46-32(25)26)44-18-16-27-22(2)45-33(40-27)24-12-8-5-9-13-24/h4-15,17,19,21,28,39H,3,16,18,20H2,1-2H3. The zero-order valence-corrected chi connectivity index (χ0v) is 25.9. The molecule has 0 saturated heterocycles. The molecule has 5 aromatic rings. The van der Waals surface area contributed by atoms with Crippen LogP contribution in [0.2, 0.25) is 0 Å². The summed E-state index contributed by atoms with van der Waals surface area (Å²) in [5.41, 5.74) is 1.04. The smallest absolute Gasteiger partial charge is 0.431 e. The number of aromatic nitrogens is 1. The van der Waals surface area contributed by atoms with Crippen molar-refractivity contribution >= 4 is 33.2 Å². The number of thiophene rings is 1. The van der Waals surface area contributed by atoms with E-state index in [4.69, 9.17) is 13.9 Å². The monoisotopic (exact) mass is 648 g/mol. The highest BCUT2D eigenvalue weighted by atomic mass is 32.1. The van der Waals surface area contributed by atoms with E-state index in [1.165, 1.54) is 23.5 Å². The third-order valence-corrected chi connectivity index (χ3v) is 8.12. The Labute approximate surface area is 267 Å². The number of oxazole rings is 1. The van der Waals surface area contributed by atoms with Crippen molar-refractivity contribution in [3.63, 3.8) is 0 Å². The second-order valence-corrected chi connectivity index (χ2v) is 11.2. The lowest BCUT2D eigenvalue weighted by Gasteiger charge is -2.22. The SMILES string of the molecule is CCOC(=O)C(Cc1ccc(OCCc2nc(-c3ccccc3)oc2C)c2ccsc12)NC(=CC(=O)c1ccccc1)C(F)(F)F. The molecule has 11 heteroatoms. The van der Waals surface area contributed by atoms with Crippen LogP contribution in [-0.4, -0.2) is 42.2 Å². The lowest BCUT2D eigenvalue weighted by Crippen LogP contribution is -2.43. The Balaban J connectivity index is 1.33. The first-order valence-corrected chi connectivity index (χ1v) is 15.5. The molecule has 0 fully saturated rings. The summed E-state index contributed by atoms with van der Waals surface area (Å²) in [6.07, 6.45) is -4.07. The Bertz CT molecular complexity index is 1830. The molecule has 1 N–H and O–H groups in total. The molecular formula is C35H31F3N2O5S. The van der Waals surface area contributed by atoms with Gasteiger partial charge in [-0.2, -0.15) is 13.2 Å². The normalized spacial score (nSPS) is 12.6. The van der Waals surface area contributed by atoms with Crippen LogP contribution in [0.1, 0.15) is 34.3 Å². The number of halogens is 3. The number of nitrogens with zero attached hydrogens (tertiary/aromatic N) is 1. The van der Waals surface area contributed by atoms with Gasteiger partial charge < -0.3 is 19.2 Å². The quantitative estimate of drug-likeness (QED) is 0.0789. The van der Waals surface area contributed by atoms with Crippen molar-refractivity contribution in [1.29, 1.82) is 0 Å². The van der Waals surface area contributed by atoms with Crippen molar-refractivity contribution in [1.82, 2.24) is 10.3 Å². The molecule has 1 atom stereocenters. The predicted octanol–water partition coefficient (Wildman–Crippen LogP) is 7.88. The van der Waals surface area contributed by atoms with Crippen LogP contribution in [0.15, 0.2) is 100 Å². The van der Waals surface area contributed by atoms with Crippen LogP contribution in [0.25, 0.3) is 21.5 Å². The Morgan fingerprint density at radius 1 is 1.02 bits per heavy atom. The van der Waals surface area contributed by atoms with E-state index in [2.05, 4.69) is 10.3 Å². The average Bonchev–Trinajstić information content (AvgIpc) is 3.69. The van der Waals surface area contributed by atoms with Gasteiger partial charge in [0.25, 0.3) is 0 Å². The molecule has 2 aromatic heterocycles. The van der Waals surface area contributed by atoms with Gasteiger partial charge in [-0.15, -0.1) is 11.3 Å². The number of ether oxygens (including phenoxy) is 2. The van der Waals surface area contributed by atoms with Crippen molar-refractivity contribution in [2.75, 3.05) is 13.2 Å². The number of fused-ring (bicyclic) bond motifs is 1. The molecule has 238 valence electrons. The van der Waals surface area contributed by atoms with Crippen molar-refractivity contribution in [2.24, 2.45) is 0 Å². The van der Waals surface area contributed by atoms with Crippen molar-refractivity contribution in [3.05, 3.63) is 119 Å². The second-order valence-electron chi connectivity index (χ2n) is 10.3. The summed E-state index contributed by atoms with van der Waals surface area (Å²) in [7, 11) is 0. The van der Waals surface area contributed by atoms with E-state index in [1.807, 2.05) is 48.7 Å². The fourth-order valence-corrected chi connectivity index (χ4v) is 5.81. The summed E-state index contributed by atoms with van der Waals surface area (Å²) in [5, 5.41) is 4.88. The zero-order valence-electron chi connectivity index (χ0n) is 25.1. The molecule has 1 unspecified atom stereocenters. The zero-order chi connectivity index (χ0) is 32.7. The summed E-state index contributed by atoms with van der Waals surface area (Å²) in [4.78, 5) is 30.1. The molecule has 0 amide bonds. The van der Waals surface area contributed by atoms with E-state index in [0.717, 1.165) is 21.3 Å². The third-order valence-electron chi connectivity index (χ3n) is 7.13. The number of carbonyl (C=O) groups is 2. The number of hydrogen-bond acceptors (Lipinski definition) is 8. The number of hydrogen-bond donors (Lipinski definition) is 1. The maximum Gasteiger partial charge on any atom is 0.431 e. The highest BCUT2D eigenvalue weighted by Gasteiger charge is 2.38. The topological polar surface area (TPSA) is 90.7 Å². The Hall–Kier alpha value is -4.90. The molecule has 0 bridgehead atoms. The number of rotatable bonds is 13. The first-order chi connectivity index (χ1) is 22.1. The number of carbonyl (C=O) groups excluding carboxylic acids is 2. The van der Waals surface area contributed by atoms with E-state index >= 15 is 0 Å². The van der Waals surface area contributed by atoms with Gasteiger partial charge in [-0.3, -0.25) is 4.79 Å². The summed E-state index contributed by atoms with van der Waals surface area (Å²) in [6, 6.07) is 21.1. The molecule has 3 aromatic carbocycles. The van der Waals surface area contributed by atoms with Gasteiger partial charge >= 0.3 is 12.1 Å². The largest absolute Gasteiger partial charge is 0.493 e. The van der Waals surface area contributed by atoms with E-state index in [1.54, 1.807) is 37.3 Å². The minimum Gasteiger partial charge on any atom is -0.493 e. The summed E-state index contributed by atoms with van der Waals surface area (Å²) in [5.74, 6) is 0.119. The molecule has 0 spiro atoms. The minimum absolute atomic E-state index is 0.0238. The number of ketones is 1. The van der Waals surface area contributed by atoms with Crippen LogP contribution in [0.4, 0.5) is 13.2 Å². The highest BCUT2D eigenvalue weighted by molar-refractivity contribution is 7.17. The molecule has 7 nitrogen and oxygen atoms in total. The van der Waals surface area contributed by atoms with Crippen LogP contribution in [0, 0.1) is 6.92 Å². The third kappa shape index (κ3) is 7.84. The van der Waals surface area contributed by atoms with Crippen LogP contribution in [0.3, 0.4) is 0 Å². The molecule has 0 aliphatic carbocycles. The van der Waals surface area contributed by atoms with Gasteiger partial charge in [0, 0.05) is 40.1 Å². The summed E-state index contributed by atoms with van der Waals surface area (Å²) in [6.45, 7) is 3.71. The van der Waals surface area contributed by atoms with Gasteiger partial charge in [-0.1, -0.05) is 54.6 Å².